The zero-order chi connectivity index (χ0) is 9.78. The van der Waals surface area contributed by atoms with Gasteiger partial charge < -0.3 is 4.18 Å². The molecule has 0 saturated heterocycles. The molecule has 12 heavy (non-hydrogen) atoms. The summed E-state index contributed by atoms with van der Waals surface area (Å²) in [5.41, 5.74) is 0.342. The maximum absolute atomic E-state index is 5.50. The van der Waals surface area contributed by atoms with Crippen LogP contribution in [0.1, 0.15) is 41.0 Å². The van der Waals surface area contributed by atoms with E-state index in [0.29, 0.717) is 11.5 Å². The van der Waals surface area contributed by atoms with E-state index in [1.807, 2.05) is 6.92 Å². The molecule has 0 amide bonds. The lowest BCUT2D eigenvalue weighted by molar-refractivity contribution is 0.188. The molecule has 2 heteroatoms. The van der Waals surface area contributed by atoms with Gasteiger partial charge in [-0.2, -0.15) is 0 Å². The summed E-state index contributed by atoms with van der Waals surface area (Å²) < 4.78 is 5.50. The van der Waals surface area contributed by atoms with Crippen molar-refractivity contribution in [1.29, 1.82) is 0 Å². The molecule has 0 saturated carbocycles. The maximum atomic E-state index is 5.50. The second-order valence-corrected chi connectivity index (χ2v) is 5.51. The molecule has 0 aliphatic heterocycles. The van der Waals surface area contributed by atoms with Crippen LogP contribution in [0, 0.1) is 5.41 Å². The van der Waals surface area contributed by atoms with Gasteiger partial charge in [-0.1, -0.05) is 27.4 Å². The summed E-state index contributed by atoms with van der Waals surface area (Å²) in [7, 11) is 0. The quantitative estimate of drug-likeness (QED) is 0.616. The summed E-state index contributed by atoms with van der Waals surface area (Å²) >= 11 is 1.39. The van der Waals surface area contributed by atoms with Crippen LogP contribution in [-0.2, 0) is 4.18 Å². The number of allylic oxidation sites excluding steroid dienone is 1. The van der Waals surface area contributed by atoms with E-state index >= 15 is 0 Å². The molecule has 1 nitrogen and oxygen atoms in total. The summed E-state index contributed by atoms with van der Waals surface area (Å²) in [6, 6.07) is 0. The molecular weight excluding hydrogens is 168 g/mol. The van der Waals surface area contributed by atoms with E-state index in [2.05, 4.69) is 34.3 Å². The van der Waals surface area contributed by atoms with Gasteiger partial charge in [0.25, 0.3) is 0 Å². The molecule has 0 bridgehead atoms. The van der Waals surface area contributed by atoms with Crippen molar-refractivity contribution in [3.05, 3.63) is 11.5 Å². The van der Waals surface area contributed by atoms with Gasteiger partial charge >= 0.3 is 0 Å². The van der Waals surface area contributed by atoms with Gasteiger partial charge in [-0.05, 0) is 25.7 Å². The minimum Gasteiger partial charge on any atom is -0.308 e. The molecule has 0 fully saturated rings. The molecule has 72 valence electrons. The van der Waals surface area contributed by atoms with Crippen molar-refractivity contribution in [1.82, 2.24) is 0 Å². The van der Waals surface area contributed by atoms with Gasteiger partial charge in [-0.15, -0.1) is 0 Å². The first kappa shape index (κ1) is 12.0. The van der Waals surface area contributed by atoms with Crippen LogP contribution in [0.4, 0.5) is 0 Å². The highest BCUT2D eigenvalue weighted by Gasteiger charge is 2.15. The van der Waals surface area contributed by atoms with Crippen molar-refractivity contribution in [3.63, 3.8) is 0 Å². The summed E-state index contributed by atoms with van der Waals surface area (Å²) in [6.07, 6.45) is 1.37. The normalized spacial score (nSPS) is 14.4. The van der Waals surface area contributed by atoms with Crippen molar-refractivity contribution in [2.45, 2.75) is 47.1 Å². The Bertz CT molecular complexity index is 146. The summed E-state index contributed by atoms with van der Waals surface area (Å²) in [5.74, 6) is 0. The van der Waals surface area contributed by atoms with Gasteiger partial charge in [0.2, 0.25) is 0 Å². The molecule has 0 heterocycles. The number of rotatable bonds is 4. The molecule has 0 aromatic rings. The fourth-order valence-corrected chi connectivity index (χ4v) is 1.46. The minimum absolute atomic E-state index is 0.298. The molecular formula is C10H20OS. The SMILES string of the molecule is C=C(C)SOC(C)CC(C)(C)C. The second-order valence-electron chi connectivity index (χ2n) is 4.46. The lowest BCUT2D eigenvalue weighted by Crippen LogP contribution is -2.15. The van der Waals surface area contributed by atoms with E-state index in [9.17, 15) is 0 Å². The van der Waals surface area contributed by atoms with Gasteiger partial charge in [0.15, 0.2) is 0 Å². The summed E-state index contributed by atoms with van der Waals surface area (Å²) in [5, 5.41) is 0. The average Bonchev–Trinajstić information content (AvgIpc) is 1.79. The zero-order valence-corrected chi connectivity index (χ0v) is 9.62. The molecule has 0 N–H and O–H groups in total. The molecule has 0 aliphatic carbocycles. The lowest BCUT2D eigenvalue weighted by Gasteiger charge is -2.22. The van der Waals surface area contributed by atoms with Gasteiger partial charge in [-0.25, -0.2) is 0 Å². The molecule has 0 rings (SSSR count). The van der Waals surface area contributed by atoms with Crippen molar-refractivity contribution in [2.24, 2.45) is 5.41 Å². The zero-order valence-electron chi connectivity index (χ0n) is 8.81. The van der Waals surface area contributed by atoms with Gasteiger partial charge in [0, 0.05) is 16.9 Å². The standard InChI is InChI=1S/C10H20OS/c1-8(2)12-11-9(3)7-10(4,5)6/h9H,1,7H2,2-6H3. The number of hydrogen-bond donors (Lipinski definition) is 0. The Morgan fingerprint density at radius 3 is 2.33 bits per heavy atom. The van der Waals surface area contributed by atoms with E-state index in [-0.39, 0.29) is 0 Å². The number of hydrogen-bond acceptors (Lipinski definition) is 2. The van der Waals surface area contributed by atoms with Crippen molar-refractivity contribution >= 4 is 12.0 Å². The third-order valence-corrected chi connectivity index (χ3v) is 1.96. The van der Waals surface area contributed by atoms with Crippen LogP contribution in [-0.4, -0.2) is 6.10 Å². The second kappa shape index (κ2) is 4.93. The molecule has 0 radical (unpaired) electrons. The van der Waals surface area contributed by atoms with Crippen LogP contribution < -0.4 is 0 Å². The van der Waals surface area contributed by atoms with Crippen LogP contribution >= 0.6 is 12.0 Å². The smallest absolute Gasteiger partial charge is 0.0703 e. The van der Waals surface area contributed by atoms with E-state index in [1.54, 1.807) is 0 Å². The topological polar surface area (TPSA) is 9.23 Å². The molecule has 0 aliphatic rings. The van der Waals surface area contributed by atoms with Crippen LogP contribution in [0.2, 0.25) is 0 Å². The van der Waals surface area contributed by atoms with E-state index in [4.69, 9.17) is 4.18 Å². The Morgan fingerprint density at radius 2 is 2.00 bits per heavy atom. The third kappa shape index (κ3) is 8.15. The third-order valence-electron chi connectivity index (χ3n) is 1.25. The predicted molar refractivity (Wildman–Crippen MR) is 57.0 cm³/mol. The van der Waals surface area contributed by atoms with Crippen molar-refractivity contribution in [2.75, 3.05) is 0 Å². The van der Waals surface area contributed by atoms with Crippen molar-refractivity contribution in [3.8, 4) is 0 Å². The van der Waals surface area contributed by atoms with E-state index in [0.717, 1.165) is 11.3 Å². The van der Waals surface area contributed by atoms with Crippen LogP contribution in [0.5, 0.6) is 0 Å². The lowest BCUT2D eigenvalue weighted by atomic mass is 9.90. The maximum Gasteiger partial charge on any atom is 0.0703 e. The van der Waals surface area contributed by atoms with Crippen molar-refractivity contribution < 1.29 is 4.18 Å². The summed E-state index contributed by atoms with van der Waals surface area (Å²) in [6.45, 7) is 14.5. The monoisotopic (exact) mass is 188 g/mol. The Morgan fingerprint density at radius 1 is 1.50 bits per heavy atom. The molecule has 1 unspecified atom stereocenters. The fraction of sp³-hybridized carbons (Fsp3) is 0.800. The average molecular weight is 188 g/mol. The van der Waals surface area contributed by atoms with Gasteiger partial charge in [0.1, 0.15) is 0 Å². The Labute approximate surface area is 80.8 Å². The molecule has 0 aromatic carbocycles. The molecule has 0 aromatic heterocycles. The highest BCUT2D eigenvalue weighted by molar-refractivity contribution is 7.98. The van der Waals surface area contributed by atoms with E-state index < -0.39 is 0 Å². The fourth-order valence-electron chi connectivity index (χ4n) is 1.06. The highest BCUT2D eigenvalue weighted by Crippen LogP contribution is 2.26. The van der Waals surface area contributed by atoms with Crippen LogP contribution in [0.25, 0.3) is 0 Å². The first-order valence-electron chi connectivity index (χ1n) is 4.30. The highest BCUT2D eigenvalue weighted by atomic mass is 32.2. The minimum atomic E-state index is 0.298. The molecule has 0 spiro atoms. The van der Waals surface area contributed by atoms with Gasteiger partial charge in [0.05, 0.1) is 6.10 Å². The Kier molecular flexibility index (Phi) is 4.95. The first-order valence-corrected chi connectivity index (χ1v) is 5.04. The van der Waals surface area contributed by atoms with Crippen LogP contribution in [0.15, 0.2) is 11.5 Å². The summed E-state index contributed by atoms with van der Waals surface area (Å²) in [4.78, 5) is 1.01. The first-order chi connectivity index (χ1) is 5.31. The Balaban J connectivity index is 3.60. The predicted octanol–water partition coefficient (Wildman–Crippen LogP) is 4.01. The largest absolute Gasteiger partial charge is 0.308 e. The Hall–Kier alpha value is 0.0500. The van der Waals surface area contributed by atoms with Gasteiger partial charge in [-0.3, -0.25) is 0 Å². The van der Waals surface area contributed by atoms with E-state index in [1.165, 1.54) is 12.0 Å². The van der Waals surface area contributed by atoms with Crippen LogP contribution in [0.3, 0.4) is 0 Å². The molecule has 1 atom stereocenters.